The molecule has 0 atom stereocenters. The Morgan fingerprint density at radius 2 is 1.86 bits per heavy atom. The molecule has 0 unspecified atom stereocenters. The second-order valence-electron chi connectivity index (χ2n) is 6.02. The zero-order valence-corrected chi connectivity index (χ0v) is 16.1. The monoisotopic (exact) mass is 383 g/mol. The summed E-state index contributed by atoms with van der Waals surface area (Å²) in [5, 5.41) is 6.53. The number of ether oxygens (including phenoxy) is 2. The first kappa shape index (κ1) is 21.0. The van der Waals surface area contributed by atoms with Crippen LogP contribution in [0.15, 0.2) is 53.6 Å². The van der Waals surface area contributed by atoms with E-state index in [1.165, 1.54) is 6.21 Å². The van der Waals surface area contributed by atoms with Crippen LogP contribution in [0.2, 0.25) is 0 Å². The fraction of sp³-hybridized carbons (Fsp3) is 0.286. The van der Waals surface area contributed by atoms with Crippen molar-refractivity contribution in [1.29, 1.82) is 0 Å². The highest BCUT2D eigenvalue weighted by atomic mass is 16.5. The van der Waals surface area contributed by atoms with Gasteiger partial charge in [0.05, 0.1) is 19.9 Å². The highest BCUT2D eigenvalue weighted by molar-refractivity contribution is 6.03. The minimum Gasteiger partial charge on any atom is -0.497 e. The number of rotatable bonds is 10. The molecule has 2 aromatic carbocycles. The summed E-state index contributed by atoms with van der Waals surface area (Å²) in [6, 6.07) is 14.2. The summed E-state index contributed by atoms with van der Waals surface area (Å²) in [4.78, 5) is 23.8. The van der Waals surface area contributed by atoms with Crippen molar-refractivity contribution in [2.45, 2.75) is 26.2 Å². The minimum atomic E-state index is -0.502. The predicted molar refractivity (Wildman–Crippen MR) is 109 cm³/mol. The van der Waals surface area contributed by atoms with E-state index < -0.39 is 11.8 Å². The standard InChI is InChI=1S/C21H25N3O4/c1-3-4-12-28-19-7-5-6-16(13-19)15-22-24-21(26)14-20(25)23-17-8-10-18(27-2)11-9-17/h5-11,13,15H,3-4,12,14H2,1-2H3,(H,23,25)(H,24,26). The Bertz CT molecular complexity index is 804. The molecule has 2 aromatic rings. The van der Waals surface area contributed by atoms with Crippen LogP contribution in [0.25, 0.3) is 0 Å². The van der Waals surface area contributed by atoms with E-state index in [4.69, 9.17) is 9.47 Å². The molecule has 0 heterocycles. The topological polar surface area (TPSA) is 89.0 Å². The Hall–Kier alpha value is -3.35. The quantitative estimate of drug-likeness (QED) is 0.285. The van der Waals surface area contributed by atoms with Gasteiger partial charge in [0, 0.05) is 5.69 Å². The second kappa shape index (κ2) is 11.4. The number of carbonyl (C=O) groups excluding carboxylic acids is 2. The molecular weight excluding hydrogens is 358 g/mol. The zero-order chi connectivity index (χ0) is 20.2. The molecule has 0 bridgehead atoms. The van der Waals surface area contributed by atoms with Gasteiger partial charge in [-0.25, -0.2) is 5.43 Å². The van der Waals surface area contributed by atoms with Gasteiger partial charge in [-0.3, -0.25) is 9.59 Å². The van der Waals surface area contributed by atoms with E-state index in [9.17, 15) is 9.59 Å². The van der Waals surface area contributed by atoms with Crippen LogP contribution in [-0.2, 0) is 9.59 Å². The van der Waals surface area contributed by atoms with E-state index >= 15 is 0 Å². The van der Waals surface area contributed by atoms with Gasteiger partial charge in [-0.05, 0) is 48.4 Å². The van der Waals surface area contributed by atoms with Crippen molar-refractivity contribution in [3.8, 4) is 11.5 Å². The average molecular weight is 383 g/mol. The fourth-order valence-electron chi connectivity index (χ4n) is 2.26. The van der Waals surface area contributed by atoms with Gasteiger partial charge < -0.3 is 14.8 Å². The number of methoxy groups -OCH3 is 1. The Morgan fingerprint density at radius 3 is 2.57 bits per heavy atom. The number of benzene rings is 2. The lowest BCUT2D eigenvalue weighted by atomic mass is 10.2. The number of carbonyl (C=O) groups is 2. The van der Waals surface area contributed by atoms with Crippen LogP contribution in [-0.4, -0.2) is 31.7 Å². The molecule has 148 valence electrons. The average Bonchev–Trinajstić information content (AvgIpc) is 2.69. The fourth-order valence-corrected chi connectivity index (χ4v) is 2.26. The van der Waals surface area contributed by atoms with Crippen LogP contribution in [0.5, 0.6) is 11.5 Å². The van der Waals surface area contributed by atoms with Gasteiger partial charge in [-0.15, -0.1) is 0 Å². The first-order valence-corrected chi connectivity index (χ1v) is 9.09. The maximum absolute atomic E-state index is 11.9. The van der Waals surface area contributed by atoms with Gasteiger partial charge in [0.25, 0.3) is 0 Å². The molecule has 0 aliphatic carbocycles. The molecule has 28 heavy (non-hydrogen) atoms. The van der Waals surface area contributed by atoms with Gasteiger partial charge in [0.1, 0.15) is 17.9 Å². The highest BCUT2D eigenvalue weighted by Gasteiger charge is 2.09. The number of hydrogen-bond donors (Lipinski definition) is 2. The summed E-state index contributed by atoms with van der Waals surface area (Å²) >= 11 is 0. The second-order valence-corrected chi connectivity index (χ2v) is 6.02. The number of anilines is 1. The molecule has 0 spiro atoms. The SMILES string of the molecule is CCCCOc1cccc(C=NNC(=O)CC(=O)Nc2ccc(OC)cc2)c1. The first-order valence-electron chi connectivity index (χ1n) is 9.09. The van der Waals surface area contributed by atoms with Crippen LogP contribution < -0.4 is 20.2 Å². The molecule has 2 rings (SSSR count). The van der Waals surface area contributed by atoms with Crippen molar-refractivity contribution in [1.82, 2.24) is 5.43 Å². The first-order chi connectivity index (χ1) is 13.6. The lowest BCUT2D eigenvalue weighted by molar-refractivity contribution is -0.126. The molecule has 0 saturated carbocycles. The van der Waals surface area contributed by atoms with Gasteiger partial charge in [-0.2, -0.15) is 5.10 Å². The van der Waals surface area contributed by atoms with E-state index in [1.54, 1.807) is 31.4 Å². The number of hydrogen-bond acceptors (Lipinski definition) is 5. The van der Waals surface area contributed by atoms with E-state index in [1.807, 2.05) is 24.3 Å². The Labute approximate surface area is 164 Å². The zero-order valence-electron chi connectivity index (χ0n) is 16.1. The molecule has 2 amide bonds. The van der Waals surface area contributed by atoms with E-state index in [-0.39, 0.29) is 6.42 Å². The number of nitrogens with one attached hydrogen (secondary N) is 2. The largest absolute Gasteiger partial charge is 0.497 e. The van der Waals surface area contributed by atoms with Crippen LogP contribution in [0.3, 0.4) is 0 Å². The maximum atomic E-state index is 11.9. The molecule has 0 aromatic heterocycles. The third-order valence-corrected chi connectivity index (χ3v) is 3.72. The van der Waals surface area contributed by atoms with Crippen molar-refractivity contribution in [3.05, 3.63) is 54.1 Å². The van der Waals surface area contributed by atoms with Crippen molar-refractivity contribution in [2.75, 3.05) is 19.0 Å². The maximum Gasteiger partial charge on any atom is 0.249 e. The molecule has 7 heteroatoms. The summed E-state index contributed by atoms with van der Waals surface area (Å²) in [7, 11) is 1.56. The third kappa shape index (κ3) is 7.49. The molecule has 0 fully saturated rings. The van der Waals surface area contributed by atoms with E-state index in [2.05, 4.69) is 22.8 Å². The van der Waals surface area contributed by atoms with Crippen molar-refractivity contribution >= 4 is 23.7 Å². The highest BCUT2D eigenvalue weighted by Crippen LogP contribution is 2.15. The molecule has 0 saturated heterocycles. The Balaban J connectivity index is 1.77. The van der Waals surface area contributed by atoms with E-state index in [0.29, 0.717) is 18.0 Å². The summed E-state index contributed by atoms with van der Waals surface area (Å²) in [5.74, 6) is 0.509. The summed E-state index contributed by atoms with van der Waals surface area (Å²) in [5.41, 5.74) is 3.72. The van der Waals surface area contributed by atoms with Crippen LogP contribution >= 0.6 is 0 Å². The smallest absolute Gasteiger partial charge is 0.249 e. The lowest BCUT2D eigenvalue weighted by Crippen LogP contribution is -2.24. The molecule has 0 aliphatic heterocycles. The number of unbranched alkanes of at least 4 members (excludes halogenated alkanes) is 1. The van der Waals surface area contributed by atoms with Crippen molar-refractivity contribution in [3.63, 3.8) is 0 Å². The van der Waals surface area contributed by atoms with Crippen molar-refractivity contribution < 1.29 is 19.1 Å². The summed E-state index contributed by atoms with van der Waals surface area (Å²) < 4.78 is 10.7. The van der Waals surface area contributed by atoms with Crippen LogP contribution in [0, 0.1) is 0 Å². The minimum absolute atomic E-state index is 0.330. The van der Waals surface area contributed by atoms with E-state index in [0.717, 1.165) is 24.2 Å². The molecule has 0 aliphatic rings. The Kier molecular flexibility index (Phi) is 8.52. The lowest BCUT2D eigenvalue weighted by Gasteiger charge is -2.06. The molecule has 0 radical (unpaired) electrons. The summed E-state index contributed by atoms with van der Waals surface area (Å²) in [6.45, 7) is 2.77. The predicted octanol–water partition coefficient (Wildman–Crippen LogP) is 3.35. The molecule has 2 N–H and O–H groups in total. The Morgan fingerprint density at radius 1 is 1.07 bits per heavy atom. The number of nitrogens with zero attached hydrogens (tertiary/aromatic N) is 1. The normalized spacial score (nSPS) is 10.5. The van der Waals surface area contributed by atoms with Gasteiger partial charge in [0.2, 0.25) is 11.8 Å². The van der Waals surface area contributed by atoms with Crippen LogP contribution in [0.1, 0.15) is 31.7 Å². The molecular formula is C21H25N3O4. The van der Waals surface area contributed by atoms with Gasteiger partial charge >= 0.3 is 0 Å². The summed E-state index contributed by atoms with van der Waals surface area (Å²) in [6.07, 6.45) is 3.24. The third-order valence-electron chi connectivity index (χ3n) is 3.72. The van der Waals surface area contributed by atoms with Gasteiger partial charge in [-0.1, -0.05) is 25.5 Å². The number of amides is 2. The molecule has 7 nitrogen and oxygen atoms in total. The van der Waals surface area contributed by atoms with Crippen molar-refractivity contribution in [2.24, 2.45) is 5.10 Å². The van der Waals surface area contributed by atoms with Gasteiger partial charge in [0.15, 0.2) is 0 Å². The van der Waals surface area contributed by atoms with Crippen LogP contribution in [0.4, 0.5) is 5.69 Å². The number of hydrazone groups is 1.